The van der Waals surface area contributed by atoms with Gasteiger partial charge < -0.3 is 15.0 Å². The predicted octanol–water partition coefficient (Wildman–Crippen LogP) is 2.56. The van der Waals surface area contributed by atoms with Gasteiger partial charge in [0.2, 0.25) is 0 Å². The molecule has 24 heavy (non-hydrogen) atoms. The molecule has 3 rings (SSSR count). The minimum Gasteiger partial charge on any atom is -0.378 e. The second-order valence-corrected chi connectivity index (χ2v) is 6.38. The first-order valence-corrected chi connectivity index (χ1v) is 8.87. The van der Waals surface area contributed by atoms with E-state index in [1.165, 1.54) is 31.3 Å². The van der Waals surface area contributed by atoms with Crippen LogP contribution >= 0.6 is 0 Å². The van der Waals surface area contributed by atoms with E-state index in [9.17, 15) is 4.79 Å². The molecule has 6 heteroatoms. The van der Waals surface area contributed by atoms with Crippen LogP contribution < -0.4 is 5.32 Å². The van der Waals surface area contributed by atoms with Gasteiger partial charge in [0.15, 0.2) is 0 Å². The SMILES string of the molecule is Cc1nc(NCCC2=CCCCC2)cc(C(=O)N2CCOCC2)n1. The van der Waals surface area contributed by atoms with Crippen molar-refractivity contribution in [2.75, 3.05) is 38.2 Å². The summed E-state index contributed by atoms with van der Waals surface area (Å²) in [5, 5.41) is 3.34. The van der Waals surface area contributed by atoms with E-state index in [1.54, 1.807) is 11.0 Å². The maximum Gasteiger partial charge on any atom is 0.272 e. The third-order valence-corrected chi connectivity index (χ3v) is 4.49. The third-order valence-electron chi connectivity index (χ3n) is 4.49. The number of aryl methyl sites for hydroxylation is 1. The summed E-state index contributed by atoms with van der Waals surface area (Å²) >= 11 is 0. The van der Waals surface area contributed by atoms with Gasteiger partial charge in [-0.25, -0.2) is 9.97 Å². The van der Waals surface area contributed by atoms with E-state index in [1.807, 2.05) is 6.92 Å². The van der Waals surface area contributed by atoms with Gasteiger partial charge in [0.1, 0.15) is 17.3 Å². The number of ether oxygens (including phenoxy) is 1. The lowest BCUT2D eigenvalue weighted by molar-refractivity contribution is 0.0299. The number of carbonyl (C=O) groups is 1. The molecule has 0 atom stereocenters. The Hall–Kier alpha value is -1.95. The number of nitrogens with zero attached hydrogens (tertiary/aromatic N) is 3. The number of anilines is 1. The van der Waals surface area contributed by atoms with Gasteiger partial charge in [0, 0.05) is 25.7 Å². The van der Waals surface area contributed by atoms with Gasteiger partial charge in [-0.2, -0.15) is 0 Å². The van der Waals surface area contributed by atoms with Gasteiger partial charge in [-0.1, -0.05) is 11.6 Å². The zero-order valence-corrected chi connectivity index (χ0v) is 14.4. The fourth-order valence-electron chi connectivity index (χ4n) is 3.18. The molecule has 130 valence electrons. The number of nitrogens with one attached hydrogen (secondary N) is 1. The van der Waals surface area contributed by atoms with Crippen molar-refractivity contribution in [2.24, 2.45) is 0 Å². The topological polar surface area (TPSA) is 67.4 Å². The normalized spacial score (nSPS) is 18.2. The van der Waals surface area contributed by atoms with Crippen LogP contribution in [-0.2, 0) is 4.74 Å². The van der Waals surface area contributed by atoms with E-state index in [2.05, 4.69) is 21.4 Å². The highest BCUT2D eigenvalue weighted by Crippen LogP contribution is 2.20. The quantitative estimate of drug-likeness (QED) is 0.841. The largest absolute Gasteiger partial charge is 0.378 e. The second-order valence-electron chi connectivity index (χ2n) is 6.38. The van der Waals surface area contributed by atoms with Gasteiger partial charge in [-0.05, 0) is 39.0 Å². The highest BCUT2D eigenvalue weighted by molar-refractivity contribution is 5.93. The lowest BCUT2D eigenvalue weighted by atomic mass is 9.97. The molecule has 1 fully saturated rings. The standard InChI is InChI=1S/C18H26N4O2/c1-14-20-16(18(23)22-9-11-24-12-10-22)13-17(21-14)19-8-7-15-5-3-2-4-6-15/h5,13H,2-4,6-12H2,1H3,(H,19,20,21). The highest BCUT2D eigenvalue weighted by Gasteiger charge is 2.20. The Morgan fingerprint density at radius 1 is 1.29 bits per heavy atom. The first-order chi connectivity index (χ1) is 11.7. The molecule has 1 amide bonds. The van der Waals surface area contributed by atoms with Crippen molar-refractivity contribution >= 4 is 11.7 Å². The zero-order chi connectivity index (χ0) is 16.8. The third kappa shape index (κ3) is 4.54. The first-order valence-electron chi connectivity index (χ1n) is 8.87. The number of hydrogen-bond donors (Lipinski definition) is 1. The molecule has 1 aliphatic carbocycles. The number of hydrogen-bond acceptors (Lipinski definition) is 5. The average molecular weight is 330 g/mol. The Labute approximate surface area is 143 Å². The molecule has 1 aliphatic heterocycles. The lowest BCUT2D eigenvalue weighted by Crippen LogP contribution is -2.41. The van der Waals surface area contributed by atoms with Crippen LogP contribution in [0.2, 0.25) is 0 Å². The minimum absolute atomic E-state index is 0.0400. The molecule has 0 aromatic carbocycles. The Morgan fingerprint density at radius 3 is 2.88 bits per heavy atom. The Kier molecular flexibility index (Phi) is 5.80. The average Bonchev–Trinajstić information content (AvgIpc) is 2.62. The van der Waals surface area contributed by atoms with E-state index in [0.29, 0.717) is 37.8 Å². The van der Waals surface area contributed by atoms with Crippen molar-refractivity contribution in [1.29, 1.82) is 0 Å². The molecule has 0 bridgehead atoms. The highest BCUT2D eigenvalue weighted by atomic mass is 16.5. The van der Waals surface area contributed by atoms with Crippen molar-refractivity contribution in [3.05, 3.63) is 29.2 Å². The van der Waals surface area contributed by atoms with Crippen LogP contribution in [0.3, 0.4) is 0 Å². The molecule has 2 heterocycles. The van der Waals surface area contributed by atoms with Crippen LogP contribution in [0.1, 0.15) is 48.4 Å². The maximum absolute atomic E-state index is 12.6. The summed E-state index contributed by atoms with van der Waals surface area (Å²) in [5.41, 5.74) is 1.99. The fraction of sp³-hybridized carbons (Fsp3) is 0.611. The molecule has 1 N–H and O–H groups in total. The van der Waals surface area contributed by atoms with E-state index >= 15 is 0 Å². The number of morpholine rings is 1. The molecule has 1 aromatic rings. The van der Waals surface area contributed by atoms with Crippen molar-refractivity contribution < 1.29 is 9.53 Å². The molecule has 0 saturated carbocycles. The van der Waals surface area contributed by atoms with Gasteiger partial charge in [-0.3, -0.25) is 4.79 Å². The number of aromatic nitrogens is 2. The molecular formula is C18H26N4O2. The van der Waals surface area contributed by atoms with Crippen molar-refractivity contribution in [3.8, 4) is 0 Å². The van der Waals surface area contributed by atoms with Gasteiger partial charge in [-0.15, -0.1) is 0 Å². The fourth-order valence-corrected chi connectivity index (χ4v) is 3.18. The van der Waals surface area contributed by atoms with Crippen LogP contribution in [-0.4, -0.2) is 53.6 Å². The minimum atomic E-state index is -0.0400. The summed E-state index contributed by atoms with van der Waals surface area (Å²) in [6, 6.07) is 1.76. The summed E-state index contributed by atoms with van der Waals surface area (Å²) in [4.78, 5) is 23.1. The van der Waals surface area contributed by atoms with Crippen LogP contribution in [0.15, 0.2) is 17.7 Å². The van der Waals surface area contributed by atoms with Crippen LogP contribution in [0.4, 0.5) is 5.82 Å². The molecular weight excluding hydrogens is 304 g/mol. The number of rotatable bonds is 5. The Morgan fingerprint density at radius 2 is 2.12 bits per heavy atom. The first kappa shape index (κ1) is 16.9. The molecule has 0 spiro atoms. The van der Waals surface area contributed by atoms with E-state index in [-0.39, 0.29) is 5.91 Å². The van der Waals surface area contributed by atoms with E-state index in [4.69, 9.17) is 4.74 Å². The van der Waals surface area contributed by atoms with E-state index < -0.39 is 0 Å². The van der Waals surface area contributed by atoms with Crippen LogP contribution in [0.5, 0.6) is 0 Å². The summed E-state index contributed by atoms with van der Waals surface area (Å²) in [6.07, 6.45) is 8.44. The summed E-state index contributed by atoms with van der Waals surface area (Å²) in [7, 11) is 0. The molecule has 6 nitrogen and oxygen atoms in total. The molecule has 2 aliphatic rings. The Bertz CT molecular complexity index is 609. The predicted molar refractivity (Wildman–Crippen MR) is 93.1 cm³/mol. The van der Waals surface area contributed by atoms with Gasteiger partial charge in [0.25, 0.3) is 5.91 Å². The van der Waals surface area contributed by atoms with Gasteiger partial charge in [0.05, 0.1) is 13.2 Å². The van der Waals surface area contributed by atoms with E-state index in [0.717, 1.165) is 18.8 Å². The summed E-state index contributed by atoms with van der Waals surface area (Å²) in [6.45, 7) is 5.10. The van der Waals surface area contributed by atoms with Crippen molar-refractivity contribution in [2.45, 2.75) is 39.0 Å². The van der Waals surface area contributed by atoms with Gasteiger partial charge >= 0.3 is 0 Å². The number of amides is 1. The van der Waals surface area contributed by atoms with Crippen LogP contribution in [0, 0.1) is 6.92 Å². The molecule has 1 saturated heterocycles. The number of carbonyl (C=O) groups excluding carboxylic acids is 1. The summed E-state index contributed by atoms with van der Waals surface area (Å²) < 4.78 is 5.30. The lowest BCUT2D eigenvalue weighted by Gasteiger charge is -2.26. The van der Waals surface area contributed by atoms with Crippen LogP contribution in [0.25, 0.3) is 0 Å². The molecule has 1 aromatic heterocycles. The van der Waals surface area contributed by atoms with Crippen molar-refractivity contribution in [3.63, 3.8) is 0 Å². The summed E-state index contributed by atoms with van der Waals surface area (Å²) in [5.74, 6) is 1.31. The molecule has 0 radical (unpaired) electrons. The smallest absolute Gasteiger partial charge is 0.272 e. The number of allylic oxidation sites excluding steroid dienone is 1. The monoisotopic (exact) mass is 330 g/mol. The Balaban J connectivity index is 1.60. The zero-order valence-electron chi connectivity index (χ0n) is 14.4. The molecule has 0 unspecified atom stereocenters. The maximum atomic E-state index is 12.6. The second kappa shape index (κ2) is 8.24. The van der Waals surface area contributed by atoms with Crippen molar-refractivity contribution in [1.82, 2.24) is 14.9 Å².